The van der Waals surface area contributed by atoms with Gasteiger partial charge in [0.05, 0.1) is 19.1 Å². The molecule has 5 nitrogen and oxygen atoms in total. The first-order valence-corrected chi connectivity index (χ1v) is 8.70. The summed E-state index contributed by atoms with van der Waals surface area (Å²) in [5, 5.41) is 0. The lowest BCUT2D eigenvalue weighted by molar-refractivity contribution is 0.390. The minimum atomic E-state index is -3.61. The van der Waals surface area contributed by atoms with E-state index in [0.29, 0.717) is 16.0 Å². The quantitative estimate of drug-likeness (QED) is 0.829. The third-order valence-electron chi connectivity index (χ3n) is 3.07. The molecule has 2 aromatic carbocycles. The van der Waals surface area contributed by atoms with Crippen LogP contribution in [-0.2, 0) is 16.6 Å². The molecule has 0 radical (unpaired) electrons. The van der Waals surface area contributed by atoms with Gasteiger partial charge in [-0.2, -0.15) is 0 Å². The molecule has 2 rings (SSSR count). The molecule has 0 fully saturated rings. The zero-order valence-electron chi connectivity index (χ0n) is 12.2. The van der Waals surface area contributed by atoms with Gasteiger partial charge < -0.3 is 9.47 Å². The Bertz CT molecular complexity index is 762. The first kappa shape index (κ1) is 16.8. The van der Waals surface area contributed by atoms with Gasteiger partial charge in [-0.05, 0) is 34.1 Å². The van der Waals surface area contributed by atoms with Crippen molar-refractivity contribution in [2.24, 2.45) is 0 Å². The van der Waals surface area contributed by atoms with Crippen LogP contribution in [-0.4, -0.2) is 22.6 Å². The number of hydrogen-bond acceptors (Lipinski definition) is 4. The van der Waals surface area contributed by atoms with Gasteiger partial charge in [-0.3, -0.25) is 0 Å². The van der Waals surface area contributed by atoms with Crippen molar-refractivity contribution in [2.75, 3.05) is 14.2 Å². The molecule has 0 aromatic heterocycles. The Morgan fingerprint density at radius 3 is 2.45 bits per heavy atom. The summed E-state index contributed by atoms with van der Waals surface area (Å²) in [5.41, 5.74) is 0.721. The molecule has 1 N–H and O–H groups in total. The molecule has 22 heavy (non-hydrogen) atoms. The highest BCUT2D eigenvalue weighted by atomic mass is 79.9. The third-order valence-corrected chi connectivity index (χ3v) is 5.49. The minimum Gasteiger partial charge on any atom is -0.497 e. The molecule has 0 heterocycles. The number of halogens is 1. The molecule has 0 aliphatic heterocycles. The van der Waals surface area contributed by atoms with Crippen LogP contribution in [0.15, 0.2) is 51.8 Å². The SMILES string of the molecule is COc1ccc(CNS(=O)(=O)c2ccccc2Br)c(OC)c1. The molecule has 0 amide bonds. The molecule has 118 valence electrons. The maximum Gasteiger partial charge on any atom is 0.241 e. The second-order valence-electron chi connectivity index (χ2n) is 4.43. The Morgan fingerprint density at radius 2 is 1.82 bits per heavy atom. The third kappa shape index (κ3) is 3.79. The highest BCUT2D eigenvalue weighted by Crippen LogP contribution is 2.26. The predicted molar refractivity (Wildman–Crippen MR) is 87.7 cm³/mol. The van der Waals surface area contributed by atoms with Gasteiger partial charge in [-0.25, -0.2) is 13.1 Å². The van der Waals surface area contributed by atoms with E-state index in [2.05, 4.69) is 20.7 Å². The summed E-state index contributed by atoms with van der Waals surface area (Å²) in [6.07, 6.45) is 0. The Kier molecular flexibility index (Phi) is 5.44. The van der Waals surface area contributed by atoms with Crippen LogP contribution in [0.2, 0.25) is 0 Å². The molecule has 0 atom stereocenters. The molecule has 0 saturated carbocycles. The standard InChI is InChI=1S/C15H16BrNO4S/c1-20-12-8-7-11(14(9-12)21-2)10-17-22(18,19)15-6-4-3-5-13(15)16/h3-9,17H,10H2,1-2H3. The van der Waals surface area contributed by atoms with Gasteiger partial charge in [0.1, 0.15) is 11.5 Å². The summed E-state index contributed by atoms with van der Waals surface area (Å²) >= 11 is 3.24. The van der Waals surface area contributed by atoms with E-state index in [0.717, 1.165) is 5.56 Å². The maximum atomic E-state index is 12.3. The van der Waals surface area contributed by atoms with Crippen LogP contribution in [0, 0.1) is 0 Å². The molecule has 0 bridgehead atoms. The largest absolute Gasteiger partial charge is 0.497 e. The van der Waals surface area contributed by atoms with E-state index in [1.165, 1.54) is 13.2 Å². The minimum absolute atomic E-state index is 0.122. The number of methoxy groups -OCH3 is 2. The van der Waals surface area contributed by atoms with Crippen LogP contribution in [0.5, 0.6) is 11.5 Å². The van der Waals surface area contributed by atoms with Crippen LogP contribution < -0.4 is 14.2 Å². The van der Waals surface area contributed by atoms with Crippen molar-refractivity contribution in [3.63, 3.8) is 0 Å². The molecule has 0 aliphatic carbocycles. The lowest BCUT2D eigenvalue weighted by Crippen LogP contribution is -2.23. The molecule has 0 spiro atoms. The van der Waals surface area contributed by atoms with Crippen LogP contribution in [0.25, 0.3) is 0 Å². The Balaban J connectivity index is 2.21. The fourth-order valence-electron chi connectivity index (χ4n) is 1.91. The predicted octanol–water partition coefficient (Wildman–Crippen LogP) is 2.94. The fourth-order valence-corrected chi connectivity index (χ4v) is 3.92. The second kappa shape index (κ2) is 7.13. The fraction of sp³-hybridized carbons (Fsp3) is 0.200. The first-order chi connectivity index (χ1) is 10.5. The van der Waals surface area contributed by atoms with Crippen molar-refractivity contribution in [1.29, 1.82) is 0 Å². The van der Waals surface area contributed by atoms with E-state index >= 15 is 0 Å². The molecular formula is C15H16BrNO4S. The Morgan fingerprint density at radius 1 is 1.09 bits per heavy atom. The monoisotopic (exact) mass is 385 g/mol. The summed E-state index contributed by atoms with van der Waals surface area (Å²) in [6.45, 7) is 0.122. The van der Waals surface area contributed by atoms with Crippen LogP contribution in [0.4, 0.5) is 0 Å². The molecule has 7 heteroatoms. The second-order valence-corrected chi connectivity index (χ2v) is 7.02. The zero-order valence-corrected chi connectivity index (χ0v) is 14.6. The highest BCUT2D eigenvalue weighted by molar-refractivity contribution is 9.10. The summed E-state index contributed by atoms with van der Waals surface area (Å²) < 4.78 is 38.1. The highest BCUT2D eigenvalue weighted by Gasteiger charge is 2.17. The summed E-state index contributed by atoms with van der Waals surface area (Å²) in [5.74, 6) is 1.21. The number of ether oxygens (including phenoxy) is 2. The number of sulfonamides is 1. The Labute approximate surface area is 138 Å². The van der Waals surface area contributed by atoms with E-state index in [4.69, 9.17) is 9.47 Å². The number of hydrogen-bond donors (Lipinski definition) is 1. The smallest absolute Gasteiger partial charge is 0.241 e. The lowest BCUT2D eigenvalue weighted by atomic mass is 10.2. The average molecular weight is 386 g/mol. The van der Waals surface area contributed by atoms with Crippen molar-refractivity contribution in [2.45, 2.75) is 11.4 Å². The van der Waals surface area contributed by atoms with Crippen LogP contribution in [0.3, 0.4) is 0 Å². The number of benzene rings is 2. The topological polar surface area (TPSA) is 64.6 Å². The molecule has 0 saturated heterocycles. The Hall–Kier alpha value is -1.57. The molecular weight excluding hydrogens is 370 g/mol. The van der Waals surface area contributed by atoms with Crippen molar-refractivity contribution in [1.82, 2.24) is 4.72 Å². The van der Waals surface area contributed by atoms with E-state index in [9.17, 15) is 8.42 Å². The zero-order chi connectivity index (χ0) is 16.2. The molecule has 0 aliphatic rings. The lowest BCUT2D eigenvalue weighted by Gasteiger charge is -2.12. The average Bonchev–Trinajstić information content (AvgIpc) is 2.53. The molecule has 0 unspecified atom stereocenters. The maximum absolute atomic E-state index is 12.3. The van der Waals surface area contributed by atoms with E-state index in [1.807, 2.05) is 0 Å². The van der Waals surface area contributed by atoms with Gasteiger partial charge in [0.2, 0.25) is 10.0 Å². The van der Waals surface area contributed by atoms with Gasteiger partial charge in [0.25, 0.3) is 0 Å². The molecule has 2 aromatic rings. The van der Waals surface area contributed by atoms with E-state index in [1.54, 1.807) is 43.5 Å². The van der Waals surface area contributed by atoms with E-state index in [-0.39, 0.29) is 11.4 Å². The van der Waals surface area contributed by atoms with Gasteiger partial charge >= 0.3 is 0 Å². The summed E-state index contributed by atoms with van der Waals surface area (Å²) in [7, 11) is -0.526. The number of rotatable bonds is 6. The van der Waals surface area contributed by atoms with Gasteiger partial charge in [0, 0.05) is 22.6 Å². The van der Waals surface area contributed by atoms with Crippen LogP contribution >= 0.6 is 15.9 Å². The number of nitrogens with one attached hydrogen (secondary N) is 1. The van der Waals surface area contributed by atoms with Crippen molar-refractivity contribution in [3.8, 4) is 11.5 Å². The van der Waals surface area contributed by atoms with Gasteiger partial charge in [0.15, 0.2) is 0 Å². The van der Waals surface area contributed by atoms with Crippen molar-refractivity contribution < 1.29 is 17.9 Å². The summed E-state index contributed by atoms with van der Waals surface area (Å²) in [4.78, 5) is 0.197. The summed E-state index contributed by atoms with van der Waals surface area (Å²) in [6, 6.07) is 11.9. The first-order valence-electron chi connectivity index (χ1n) is 6.43. The van der Waals surface area contributed by atoms with Gasteiger partial charge in [-0.15, -0.1) is 0 Å². The van der Waals surface area contributed by atoms with Crippen LogP contribution in [0.1, 0.15) is 5.56 Å². The van der Waals surface area contributed by atoms with E-state index < -0.39 is 10.0 Å². The normalized spacial score (nSPS) is 11.2. The van der Waals surface area contributed by atoms with Crippen molar-refractivity contribution in [3.05, 3.63) is 52.5 Å². The van der Waals surface area contributed by atoms with Gasteiger partial charge in [-0.1, -0.05) is 18.2 Å². The van der Waals surface area contributed by atoms with Crippen molar-refractivity contribution >= 4 is 26.0 Å².